The van der Waals surface area contributed by atoms with Crippen LogP contribution in [0.2, 0.25) is 0 Å². The fourth-order valence-electron chi connectivity index (χ4n) is 2.77. The van der Waals surface area contributed by atoms with Crippen molar-refractivity contribution >= 4 is 17.7 Å². The van der Waals surface area contributed by atoms with Crippen molar-refractivity contribution in [1.29, 1.82) is 0 Å². The van der Waals surface area contributed by atoms with Crippen LogP contribution in [0, 0.1) is 0 Å². The lowest BCUT2D eigenvalue weighted by molar-refractivity contribution is -0.146. The molecule has 3 heterocycles. The number of nitrogens with zero attached hydrogens (tertiary/aromatic N) is 1. The van der Waals surface area contributed by atoms with Gasteiger partial charge in [-0.25, -0.2) is 0 Å². The van der Waals surface area contributed by atoms with Gasteiger partial charge in [-0.15, -0.1) is 11.8 Å². The lowest BCUT2D eigenvalue weighted by Crippen LogP contribution is -2.54. The van der Waals surface area contributed by atoms with Gasteiger partial charge in [-0.05, 0) is 12.8 Å². The highest BCUT2D eigenvalue weighted by Crippen LogP contribution is 2.22. The Morgan fingerprint density at radius 2 is 2.17 bits per heavy atom. The molecule has 1 N–H and O–H groups in total. The Labute approximate surface area is 112 Å². The number of morpholine rings is 1. The predicted molar refractivity (Wildman–Crippen MR) is 69.5 cm³/mol. The van der Waals surface area contributed by atoms with Gasteiger partial charge in [0.2, 0.25) is 5.91 Å². The fourth-order valence-corrected chi connectivity index (χ4v) is 3.70. The summed E-state index contributed by atoms with van der Waals surface area (Å²) >= 11 is 1.79. The molecule has 3 aliphatic rings. The van der Waals surface area contributed by atoms with Gasteiger partial charge in [-0.2, -0.15) is 0 Å². The average molecular weight is 272 g/mol. The van der Waals surface area contributed by atoms with Crippen LogP contribution in [0.1, 0.15) is 12.8 Å². The van der Waals surface area contributed by atoms with Gasteiger partial charge in [0.25, 0.3) is 0 Å². The van der Waals surface area contributed by atoms with E-state index in [0.717, 1.165) is 31.1 Å². The Balaban J connectivity index is 1.57. The summed E-state index contributed by atoms with van der Waals surface area (Å²) in [7, 11) is 0. The maximum Gasteiger partial charge on any atom is 0.240 e. The number of ether oxygens (including phenoxy) is 2. The van der Waals surface area contributed by atoms with Crippen molar-refractivity contribution in [2.45, 2.75) is 31.1 Å². The van der Waals surface area contributed by atoms with Crippen LogP contribution in [0.4, 0.5) is 0 Å². The number of rotatable bonds is 2. The Bertz CT molecular complexity index is 304. The molecule has 0 aliphatic carbocycles. The molecule has 0 unspecified atom stereocenters. The van der Waals surface area contributed by atoms with Crippen LogP contribution in [0.15, 0.2) is 0 Å². The van der Waals surface area contributed by atoms with Crippen molar-refractivity contribution in [1.82, 2.24) is 10.2 Å². The van der Waals surface area contributed by atoms with Gasteiger partial charge in [0.1, 0.15) is 6.10 Å². The summed E-state index contributed by atoms with van der Waals surface area (Å²) in [6, 6.07) is -0.00162. The largest absolute Gasteiger partial charge is 0.375 e. The number of thioether (sulfide) groups is 1. The third-order valence-corrected chi connectivity index (χ3v) is 4.74. The van der Waals surface area contributed by atoms with Crippen LogP contribution in [0.5, 0.6) is 0 Å². The van der Waals surface area contributed by atoms with E-state index in [1.165, 1.54) is 0 Å². The van der Waals surface area contributed by atoms with Crippen molar-refractivity contribution in [2.24, 2.45) is 0 Å². The molecule has 0 saturated carbocycles. The minimum Gasteiger partial charge on any atom is -0.375 e. The smallest absolute Gasteiger partial charge is 0.240 e. The maximum atomic E-state index is 12.3. The normalized spacial score (nSPS) is 37.1. The SMILES string of the molecule is O=C([C@@H]1CSCN1)N1CCO[C@@H]([C@@H]2CCCO2)C1. The molecule has 3 atom stereocenters. The number of carbonyl (C=O) groups is 1. The number of nitrogens with one attached hydrogen (secondary N) is 1. The van der Waals surface area contributed by atoms with E-state index in [0.29, 0.717) is 19.7 Å². The van der Waals surface area contributed by atoms with Gasteiger partial charge in [0.05, 0.1) is 18.8 Å². The Hall–Kier alpha value is -0.300. The molecule has 3 saturated heterocycles. The molecule has 18 heavy (non-hydrogen) atoms. The van der Waals surface area contributed by atoms with Crippen LogP contribution in [0.25, 0.3) is 0 Å². The van der Waals surface area contributed by atoms with Crippen molar-refractivity contribution in [3.05, 3.63) is 0 Å². The second kappa shape index (κ2) is 5.77. The predicted octanol–water partition coefficient (Wildman–Crippen LogP) is 0.0553. The summed E-state index contributed by atoms with van der Waals surface area (Å²) < 4.78 is 11.4. The molecule has 6 heteroatoms. The zero-order valence-electron chi connectivity index (χ0n) is 10.5. The highest BCUT2D eigenvalue weighted by atomic mass is 32.2. The highest BCUT2D eigenvalue weighted by Gasteiger charge is 2.35. The quantitative estimate of drug-likeness (QED) is 0.770. The third-order valence-electron chi connectivity index (χ3n) is 3.80. The summed E-state index contributed by atoms with van der Waals surface area (Å²) in [4.78, 5) is 14.3. The molecule has 0 bridgehead atoms. The Morgan fingerprint density at radius 3 is 2.89 bits per heavy atom. The molecular formula is C12H20N2O3S. The first-order valence-corrected chi connectivity index (χ1v) is 7.83. The van der Waals surface area contributed by atoms with Crippen molar-refractivity contribution in [3.8, 4) is 0 Å². The van der Waals surface area contributed by atoms with Crippen molar-refractivity contribution in [2.75, 3.05) is 37.9 Å². The molecule has 3 fully saturated rings. The third kappa shape index (κ3) is 2.66. The van der Waals surface area contributed by atoms with Gasteiger partial charge in [-0.3, -0.25) is 10.1 Å². The second-order valence-corrected chi connectivity index (χ2v) is 6.05. The minimum absolute atomic E-state index is 0.00162. The molecule has 0 aromatic carbocycles. The molecule has 102 valence electrons. The highest BCUT2D eigenvalue weighted by molar-refractivity contribution is 7.99. The molecule has 0 radical (unpaired) electrons. The molecule has 0 spiro atoms. The molecule has 3 aliphatic heterocycles. The molecule has 1 amide bonds. The van der Waals surface area contributed by atoms with Gasteiger partial charge in [-0.1, -0.05) is 0 Å². The number of carbonyl (C=O) groups excluding carboxylic acids is 1. The zero-order chi connectivity index (χ0) is 12.4. The van der Waals surface area contributed by atoms with E-state index in [2.05, 4.69) is 5.32 Å². The molecule has 5 nitrogen and oxygen atoms in total. The first-order chi connectivity index (χ1) is 8.84. The lowest BCUT2D eigenvalue weighted by Gasteiger charge is -2.36. The number of hydrogen-bond acceptors (Lipinski definition) is 5. The zero-order valence-corrected chi connectivity index (χ0v) is 11.3. The maximum absolute atomic E-state index is 12.3. The van der Waals surface area contributed by atoms with E-state index in [1.807, 2.05) is 4.90 Å². The van der Waals surface area contributed by atoms with Crippen LogP contribution in [0.3, 0.4) is 0 Å². The minimum atomic E-state index is -0.00162. The van der Waals surface area contributed by atoms with Crippen LogP contribution in [-0.4, -0.2) is 67.0 Å². The number of amides is 1. The first-order valence-electron chi connectivity index (χ1n) is 6.68. The van der Waals surface area contributed by atoms with Crippen molar-refractivity contribution in [3.63, 3.8) is 0 Å². The Morgan fingerprint density at radius 1 is 1.28 bits per heavy atom. The first kappa shape index (κ1) is 12.7. The van der Waals surface area contributed by atoms with Gasteiger partial charge in [0.15, 0.2) is 0 Å². The van der Waals surface area contributed by atoms with Gasteiger partial charge < -0.3 is 14.4 Å². The van der Waals surface area contributed by atoms with E-state index in [4.69, 9.17) is 9.47 Å². The molecular weight excluding hydrogens is 252 g/mol. The topological polar surface area (TPSA) is 50.8 Å². The summed E-state index contributed by atoms with van der Waals surface area (Å²) in [6.45, 7) is 2.87. The molecule has 0 aromatic rings. The van der Waals surface area contributed by atoms with Crippen LogP contribution >= 0.6 is 11.8 Å². The lowest BCUT2D eigenvalue weighted by atomic mass is 10.1. The van der Waals surface area contributed by atoms with E-state index < -0.39 is 0 Å². The van der Waals surface area contributed by atoms with Crippen LogP contribution in [-0.2, 0) is 14.3 Å². The van der Waals surface area contributed by atoms with E-state index in [9.17, 15) is 4.79 Å². The summed E-state index contributed by atoms with van der Waals surface area (Å²) in [5, 5.41) is 3.24. The molecule has 0 aromatic heterocycles. The van der Waals surface area contributed by atoms with Gasteiger partial charge in [0, 0.05) is 31.3 Å². The van der Waals surface area contributed by atoms with Crippen molar-refractivity contribution < 1.29 is 14.3 Å². The fraction of sp³-hybridized carbons (Fsp3) is 0.917. The molecule has 3 rings (SSSR count). The summed E-state index contributed by atoms with van der Waals surface area (Å²) in [6.07, 6.45) is 2.43. The van der Waals surface area contributed by atoms with E-state index in [1.54, 1.807) is 11.8 Å². The van der Waals surface area contributed by atoms with E-state index in [-0.39, 0.29) is 24.2 Å². The standard InChI is InChI=1S/C12H20N2O3S/c15-12(9-7-18-8-13-9)14-3-5-17-11(6-14)10-2-1-4-16-10/h9-11,13H,1-8H2/t9-,10-,11+/m0/s1. The monoisotopic (exact) mass is 272 g/mol. The Kier molecular flexibility index (Phi) is 4.08. The average Bonchev–Trinajstić information content (AvgIpc) is 3.11. The van der Waals surface area contributed by atoms with Crippen LogP contribution < -0.4 is 5.32 Å². The van der Waals surface area contributed by atoms with E-state index >= 15 is 0 Å². The summed E-state index contributed by atoms with van der Waals surface area (Å²) in [5.41, 5.74) is 0. The summed E-state index contributed by atoms with van der Waals surface area (Å²) in [5.74, 6) is 2.00. The van der Waals surface area contributed by atoms with Gasteiger partial charge >= 0.3 is 0 Å². The second-order valence-electron chi connectivity index (χ2n) is 5.02. The number of hydrogen-bond donors (Lipinski definition) is 1.